The van der Waals surface area contributed by atoms with E-state index in [4.69, 9.17) is 17.8 Å². The SMILES string of the molecule is C[PH+](C)C.C[PH+](C)C.[Au+].[Au+].[C-]#Cc1ccc2c(c1)C(CC)(CC)c1cc(-c3nc4ccc(C#[C-])cc4s3)ccc1-2. The Labute approximate surface area is 280 Å². The quantitative estimate of drug-likeness (QED) is 0.0866. The Morgan fingerprint density at radius 1 is 0.725 bits per heavy atom. The van der Waals surface area contributed by atoms with Crippen LogP contribution in [0, 0.1) is 24.7 Å². The van der Waals surface area contributed by atoms with Crippen molar-refractivity contribution in [2.24, 2.45) is 0 Å². The van der Waals surface area contributed by atoms with E-state index in [1.807, 2.05) is 24.3 Å². The molecule has 0 atom stereocenters. The fourth-order valence-electron chi connectivity index (χ4n) is 4.84. The van der Waals surface area contributed by atoms with Gasteiger partial charge >= 0.3 is 44.8 Å². The molecule has 4 aromatic rings. The molecule has 1 nitrogen and oxygen atoms in total. The van der Waals surface area contributed by atoms with Gasteiger partial charge < -0.3 is 12.8 Å². The Morgan fingerprint density at radius 2 is 1.20 bits per heavy atom. The second-order valence-electron chi connectivity index (χ2n) is 10.8. The molecule has 0 aliphatic heterocycles. The van der Waals surface area contributed by atoms with Crippen LogP contribution in [0.4, 0.5) is 0 Å². The Hall–Kier alpha value is -0.989. The van der Waals surface area contributed by atoms with Crippen molar-refractivity contribution in [1.82, 2.24) is 4.98 Å². The summed E-state index contributed by atoms with van der Waals surface area (Å²) in [6, 6.07) is 18.8. The number of hydrogen-bond acceptors (Lipinski definition) is 2. The fourth-order valence-corrected chi connectivity index (χ4v) is 5.84. The second kappa shape index (κ2) is 16.6. The molecular formula is C34H39Au2NP2S+2. The third-order valence-corrected chi connectivity index (χ3v) is 7.56. The van der Waals surface area contributed by atoms with Gasteiger partial charge in [-0.3, -0.25) is 11.8 Å². The van der Waals surface area contributed by atoms with E-state index in [0.717, 1.165) is 44.8 Å². The maximum Gasteiger partial charge on any atom is 1.00 e. The van der Waals surface area contributed by atoms with Gasteiger partial charge in [0.25, 0.3) is 0 Å². The molecule has 0 saturated heterocycles. The molecule has 5 rings (SSSR count). The van der Waals surface area contributed by atoms with Crippen molar-refractivity contribution in [3.63, 3.8) is 0 Å². The average molecular weight is 950 g/mol. The Balaban J connectivity index is 0.000000713. The maximum absolute atomic E-state index is 7.57. The van der Waals surface area contributed by atoms with E-state index < -0.39 is 0 Å². The van der Waals surface area contributed by atoms with Crippen molar-refractivity contribution in [2.45, 2.75) is 32.1 Å². The summed E-state index contributed by atoms with van der Waals surface area (Å²) >= 11 is 1.66. The molecule has 0 unspecified atom stereocenters. The summed E-state index contributed by atoms with van der Waals surface area (Å²) in [5, 5.41) is 1.00. The Kier molecular flexibility index (Phi) is 15.4. The van der Waals surface area contributed by atoms with Gasteiger partial charge in [0.05, 0.1) is 5.52 Å². The first-order valence-electron chi connectivity index (χ1n) is 13.2. The molecule has 1 aromatic heterocycles. The summed E-state index contributed by atoms with van der Waals surface area (Å²) in [6.45, 7) is 18.1. The first kappa shape index (κ1) is 37.0. The van der Waals surface area contributed by atoms with Crippen molar-refractivity contribution in [2.75, 3.05) is 40.0 Å². The minimum Gasteiger partial charge on any atom is -0.366 e. The van der Waals surface area contributed by atoms with Gasteiger partial charge in [-0.25, -0.2) is 4.98 Å². The topological polar surface area (TPSA) is 12.9 Å². The van der Waals surface area contributed by atoms with Gasteiger partial charge in [-0.2, -0.15) is 0 Å². The summed E-state index contributed by atoms with van der Waals surface area (Å²) in [4.78, 5) is 4.85. The minimum atomic E-state index is -0.0491. The van der Waals surface area contributed by atoms with Crippen LogP contribution in [-0.4, -0.2) is 45.0 Å². The molecule has 40 heavy (non-hydrogen) atoms. The van der Waals surface area contributed by atoms with Crippen molar-refractivity contribution < 1.29 is 44.8 Å². The number of nitrogens with zero attached hydrogens (tertiary/aromatic N) is 1. The standard InChI is InChI=1S/C28H19NS.2C3H9P.2Au/c1-5-18-9-12-21-22-13-11-20(17-24(22)28(7-3,8-4)23(21)15-18)27-29-25-14-10-19(6-2)16-26(25)30-27;2*1-4(2)3;;/h9-17H,7-8H2,3-4H3;2*1-3H3;;/q-2;;;2*+1/p+2. The van der Waals surface area contributed by atoms with Gasteiger partial charge in [0.2, 0.25) is 0 Å². The molecule has 3 aromatic carbocycles. The predicted molar refractivity (Wildman–Crippen MR) is 176 cm³/mol. The zero-order valence-corrected chi connectivity index (χ0v) is 31.7. The normalized spacial score (nSPS) is 11.9. The number of hydrogen-bond donors (Lipinski definition) is 0. The molecule has 1 aliphatic rings. The molecule has 0 N–H and O–H groups in total. The molecule has 216 valence electrons. The number of benzene rings is 3. The van der Waals surface area contributed by atoms with Crippen LogP contribution >= 0.6 is 27.2 Å². The largest absolute Gasteiger partial charge is 1.00 e. The van der Waals surface area contributed by atoms with Crippen LogP contribution in [0.2, 0.25) is 0 Å². The van der Waals surface area contributed by atoms with Crippen molar-refractivity contribution in [3.8, 4) is 33.5 Å². The molecule has 1 aliphatic carbocycles. The third-order valence-electron chi connectivity index (χ3n) is 6.49. The van der Waals surface area contributed by atoms with E-state index in [1.165, 1.54) is 22.3 Å². The average Bonchev–Trinajstić information content (AvgIpc) is 3.43. The van der Waals surface area contributed by atoms with Crippen LogP contribution in [0.5, 0.6) is 0 Å². The van der Waals surface area contributed by atoms with Crippen LogP contribution < -0.4 is 0 Å². The molecule has 0 radical (unpaired) electrons. The van der Waals surface area contributed by atoms with Crippen LogP contribution in [0.15, 0.2) is 54.6 Å². The first-order valence-corrected chi connectivity index (χ1v) is 20.0. The van der Waals surface area contributed by atoms with Crippen LogP contribution in [0.3, 0.4) is 0 Å². The smallest absolute Gasteiger partial charge is 0.366 e. The zero-order chi connectivity index (χ0) is 28.0. The first-order chi connectivity index (χ1) is 18.1. The van der Waals surface area contributed by atoms with Crippen LogP contribution in [-0.2, 0) is 50.2 Å². The van der Waals surface area contributed by atoms with Crippen LogP contribution in [0.25, 0.3) is 31.9 Å². The van der Waals surface area contributed by atoms with Gasteiger partial charge in [-0.05, 0) is 57.0 Å². The summed E-state index contributed by atoms with van der Waals surface area (Å²) in [5.41, 5.74) is 8.88. The van der Waals surface area contributed by atoms with Gasteiger partial charge in [0, 0.05) is 55.7 Å². The van der Waals surface area contributed by atoms with Gasteiger partial charge in [-0.1, -0.05) is 38.1 Å². The van der Waals surface area contributed by atoms with E-state index in [0.29, 0.717) is 0 Å². The molecule has 0 fully saturated rings. The van der Waals surface area contributed by atoms with E-state index >= 15 is 0 Å². The molecule has 1 heterocycles. The number of rotatable bonds is 3. The summed E-state index contributed by atoms with van der Waals surface area (Å²) in [5.74, 6) is 5.01. The minimum absolute atomic E-state index is 0. The van der Waals surface area contributed by atoms with Crippen molar-refractivity contribution in [3.05, 3.63) is 89.7 Å². The number of fused-ring (bicyclic) bond motifs is 4. The van der Waals surface area contributed by atoms with Crippen molar-refractivity contribution >= 4 is 37.4 Å². The Bertz CT molecular complexity index is 1490. The zero-order valence-electron chi connectivity index (χ0n) is 24.6. The second-order valence-corrected chi connectivity index (χ2v) is 17.8. The predicted octanol–water partition coefficient (Wildman–Crippen LogP) is 9.10. The Morgan fingerprint density at radius 3 is 1.73 bits per heavy atom. The van der Waals surface area contributed by atoms with Gasteiger partial charge in [-0.15, -0.1) is 46.7 Å². The van der Waals surface area contributed by atoms with E-state index in [1.54, 1.807) is 11.3 Å². The molecule has 6 heteroatoms. The van der Waals surface area contributed by atoms with E-state index in [-0.39, 0.29) is 66.0 Å². The van der Waals surface area contributed by atoms with Gasteiger partial charge in [0.15, 0.2) is 0 Å². The summed E-state index contributed by atoms with van der Waals surface area (Å²) < 4.78 is 1.08. The van der Waals surface area contributed by atoms with Crippen LogP contribution in [0.1, 0.15) is 48.9 Å². The molecule has 0 spiro atoms. The summed E-state index contributed by atoms with van der Waals surface area (Å²) in [6.07, 6.45) is 17.0. The van der Waals surface area contributed by atoms with E-state index in [2.05, 4.69) is 96.0 Å². The van der Waals surface area contributed by atoms with E-state index in [9.17, 15) is 0 Å². The van der Waals surface area contributed by atoms with Gasteiger partial charge in [0.1, 0.15) is 5.01 Å². The molecule has 0 saturated carbocycles. The molecule has 0 bridgehead atoms. The monoisotopic (exact) mass is 949 g/mol. The fraction of sp³-hybridized carbons (Fsp3) is 0.324. The number of thiazole rings is 1. The van der Waals surface area contributed by atoms with Crippen molar-refractivity contribution in [1.29, 1.82) is 0 Å². The maximum atomic E-state index is 7.57. The number of aromatic nitrogens is 1. The third kappa shape index (κ3) is 8.31. The molecule has 0 amide bonds. The molecular weight excluding hydrogens is 910 g/mol. The summed E-state index contributed by atoms with van der Waals surface area (Å²) in [7, 11) is 0.241.